The van der Waals surface area contributed by atoms with Crippen molar-refractivity contribution in [1.82, 2.24) is 4.90 Å². The van der Waals surface area contributed by atoms with Crippen molar-refractivity contribution in [2.45, 2.75) is 13.2 Å². The average Bonchev–Trinajstić information content (AvgIpc) is 2.72. The second-order valence-corrected chi connectivity index (χ2v) is 4.88. The van der Waals surface area contributed by atoms with Crippen molar-refractivity contribution in [3.63, 3.8) is 0 Å². The predicted octanol–water partition coefficient (Wildman–Crippen LogP) is 2.99. The van der Waals surface area contributed by atoms with E-state index in [2.05, 4.69) is 0 Å². The van der Waals surface area contributed by atoms with E-state index in [0.717, 1.165) is 5.56 Å². The molecular formula is C16H14FNO2. The summed E-state index contributed by atoms with van der Waals surface area (Å²) in [5.74, 6) is -0.399. The van der Waals surface area contributed by atoms with Gasteiger partial charge in [-0.15, -0.1) is 0 Å². The number of ether oxygens (including phenoxy) is 1. The van der Waals surface area contributed by atoms with Gasteiger partial charge in [0.05, 0.1) is 0 Å². The van der Waals surface area contributed by atoms with E-state index in [1.165, 1.54) is 12.1 Å². The molecule has 1 aliphatic heterocycles. The minimum absolute atomic E-state index is 0.0930. The van der Waals surface area contributed by atoms with Crippen LogP contribution in [0.2, 0.25) is 0 Å². The molecule has 0 aromatic heterocycles. The molecule has 0 fully saturated rings. The zero-order valence-corrected chi connectivity index (χ0v) is 11.1. The van der Waals surface area contributed by atoms with Crippen molar-refractivity contribution in [3.05, 3.63) is 65.0 Å². The minimum Gasteiger partial charge on any atom is -0.486 e. The van der Waals surface area contributed by atoms with Gasteiger partial charge in [-0.05, 0) is 23.3 Å². The maximum atomic E-state index is 13.9. The van der Waals surface area contributed by atoms with Gasteiger partial charge in [0.1, 0.15) is 6.61 Å². The summed E-state index contributed by atoms with van der Waals surface area (Å²) in [5.41, 5.74) is 2.19. The molecule has 3 nitrogen and oxygen atoms in total. The number of rotatable bonds is 3. The van der Waals surface area contributed by atoms with Crippen LogP contribution in [0.4, 0.5) is 4.39 Å². The molecule has 0 radical (unpaired) electrons. The Labute approximate surface area is 116 Å². The number of halogens is 1. The molecule has 0 atom stereocenters. The van der Waals surface area contributed by atoms with Gasteiger partial charge in [-0.2, -0.15) is 0 Å². The van der Waals surface area contributed by atoms with Crippen molar-refractivity contribution in [3.8, 4) is 5.75 Å². The lowest BCUT2D eigenvalue weighted by Crippen LogP contribution is -2.17. The van der Waals surface area contributed by atoms with Crippen LogP contribution < -0.4 is 4.74 Å². The lowest BCUT2D eigenvalue weighted by Gasteiger charge is -2.08. The Hall–Kier alpha value is -2.36. The summed E-state index contributed by atoms with van der Waals surface area (Å²) < 4.78 is 19.4. The second kappa shape index (κ2) is 4.96. The Morgan fingerprint density at radius 1 is 1.25 bits per heavy atom. The van der Waals surface area contributed by atoms with Crippen molar-refractivity contribution in [2.24, 2.45) is 0 Å². The van der Waals surface area contributed by atoms with Gasteiger partial charge >= 0.3 is 0 Å². The molecule has 0 aliphatic carbocycles. The number of nitrogens with zero attached hydrogens (tertiary/aromatic N) is 1. The Morgan fingerprint density at radius 3 is 2.75 bits per heavy atom. The van der Waals surface area contributed by atoms with Crippen LogP contribution in [0.15, 0.2) is 42.5 Å². The van der Waals surface area contributed by atoms with Gasteiger partial charge in [0.15, 0.2) is 11.6 Å². The molecule has 2 aromatic carbocycles. The van der Waals surface area contributed by atoms with E-state index in [1.54, 1.807) is 11.9 Å². The Bertz CT molecular complexity index is 655. The number of benzene rings is 2. The molecular weight excluding hydrogens is 257 g/mol. The van der Waals surface area contributed by atoms with E-state index in [-0.39, 0.29) is 18.3 Å². The maximum Gasteiger partial charge on any atom is 0.254 e. The first-order valence-corrected chi connectivity index (χ1v) is 6.40. The fourth-order valence-electron chi connectivity index (χ4n) is 2.30. The molecule has 102 valence electrons. The van der Waals surface area contributed by atoms with E-state index in [0.29, 0.717) is 17.7 Å². The van der Waals surface area contributed by atoms with E-state index in [1.807, 2.05) is 30.3 Å². The van der Waals surface area contributed by atoms with E-state index in [9.17, 15) is 9.18 Å². The van der Waals surface area contributed by atoms with Gasteiger partial charge in [-0.3, -0.25) is 4.79 Å². The predicted molar refractivity (Wildman–Crippen MR) is 73.0 cm³/mol. The van der Waals surface area contributed by atoms with Crippen LogP contribution in [-0.2, 0) is 13.2 Å². The number of amides is 1. The standard InChI is InChI=1S/C16H14FNO2/c1-18-9-12-7-14(17)15(8-13(12)16(18)19)20-10-11-5-3-2-4-6-11/h2-8H,9-10H2,1H3. The third kappa shape index (κ3) is 2.25. The van der Waals surface area contributed by atoms with Gasteiger partial charge in [-0.1, -0.05) is 30.3 Å². The average molecular weight is 271 g/mol. The summed E-state index contributed by atoms with van der Waals surface area (Å²) in [6.07, 6.45) is 0. The van der Waals surface area contributed by atoms with Crippen molar-refractivity contribution in [1.29, 1.82) is 0 Å². The highest BCUT2D eigenvalue weighted by molar-refractivity contribution is 5.98. The second-order valence-electron chi connectivity index (χ2n) is 4.88. The maximum absolute atomic E-state index is 13.9. The van der Waals surface area contributed by atoms with Crippen LogP contribution in [0.5, 0.6) is 5.75 Å². The third-order valence-electron chi connectivity index (χ3n) is 3.38. The minimum atomic E-state index is -0.428. The number of carbonyl (C=O) groups is 1. The molecule has 0 spiro atoms. The molecule has 0 N–H and O–H groups in total. The van der Waals surface area contributed by atoms with Gasteiger partial charge < -0.3 is 9.64 Å². The fraction of sp³-hybridized carbons (Fsp3) is 0.188. The zero-order chi connectivity index (χ0) is 14.1. The molecule has 1 amide bonds. The van der Waals surface area contributed by atoms with Crippen LogP contribution >= 0.6 is 0 Å². The highest BCUT2D eigenvalue weighted by Crippen LogP contribution is 2.29. The molecule has 2 aromatic rings. The lowest BCUT2D eigenvalue weighted by atomic mass is 10.1. The molecule has 4 heteroatoms. The van der Waals surface area contributed by atoms with Crippen molar-refractivity contribution >= 4 is 5.91 Å². The number of hydrogen-bond acceptors (Lipinski definition) is 2. The van der Waals surface area contributed by atoms with Crippen molar-refractivity contribution in [2.75, 3.05) is 7.05 Å². The van der Waals surface area contributed by atoms with Crippen LogP contribution in [-0.4, -0.2) is 17.9 Å². The Morgan fingerprint density at radius 2 is 2.00 bits per heavy atom. The highest BCUT2D eigenvalue weighted by Gasteiger charge is 2.26. The molecule has 1 aliphatic rings. The molecule has 0 bridgehead atoms. The largest absolute Gasteiger partial charge is 0.486 e. The summed E-state index contributed by atoms with van der Waals surface area (Å²) in [4.78, 5) is 13.4. The normalized spacial score (nSPS) is 13.5. The summed E-state index contributed by atoms with van der Waals surface area (Å²) in [7, 11) is 1.70. The number of carbonyl (C=O) groups excluding carboxylic acids is 1. The van der Waals surface area contributed by atoms with Crippen LogP contribution in [0, 0.1) is 5.82 Å². The SMILES string of the molecule is CN1Cc2cc(F)c(OCc3ccccc3)cc2C1=O. The Balaban J connectivity index is 1.83. The third-order valence-corrected chi connectivity index (χ3v) is 3.38. The highest BCUT2D eigenvalue weighted by atomic mass is 19.1. The smallest absolute Gasteiger partial charge is 0.254 e. The molecule has 3 rings (SSSR count). The zero-order valence-electron chi connectivity index (χ0n) is 11.1. The topological polar surface area (TPSA) is 29.5 Å². The number of fused-ring (bicyclic) bond motifs is 1. The first-order chi connectivity index (χ1) is 9.65. The fourth-order valence-corrected chi connectivity index (χ4v) is 2.30. The van der Waals surface area contributed by atoms with Gasteiger partial charge in [0.2, 0.25) is 0 Å². The summed E-state index contributed by atoms with van der Waals surface area (Å²) in [5, 5.41) is 0. The molecule has 20 heavy (non-hydrogen) atoms. The van der Waals surface area contributed by atoms with Crippen LogP contribution in [0.3, 0.4) is 0 Å². The lowest BCUT2D eigenvalue weighted by molar-refractivity contribution is 0.0816. The Kier molecular flexibility index (Phi) is 3.14. The van der Waals surface area contributed by atoms with E-state index < -0.39 is 5.82 Å². The van der Waals surface area contributed by atoms with E-state index >= 15 is 0 Å². The summed E-state index contributed by atoms with van der Waals surface area (Å²) >= 11 is 0. The first kappa shape index (κ1) is 12.7. The number of hydrogen-bond donors (Lipinski definition) is 0. The van der Waals surface area contributed by atoms with Crippen LogP contribution in [0.25, 0.3) is 0 Å². The summed E-state index contributed by atoms with van der Waals surface area (Å²) in [6, 6.07) is 12.4. The van der Waals surface area contributed by atoms with Gasteiger partial charge in [-0.25, -0.2) is 4.39 Å². The van der Waals surface area contributed by atoms with E-state index in [4.69, 9.17) is 4.74 Å². The summed E-state index contributed by atoms with van der Waals surface area (Å²) in [6.45, 7) is 0.727. The first-order valence-electron chi connectivity index (χ1n) is 6.40. The van der Waals surface area contributed by atoms with Crippen LogP contribution in [0.1, 0.15) is 21.5 Å². The van der Waals surface area contributed by atoms with Crippen molar-refractivity contribution < 1.29 is 13.9 Å². The molecule has 0 unspecified atom stereocenters. The quantitative estimate of drug-likeness (QED) is 0.859. The monoisotopic (exact) mass is 271 g/mol. The molecule has 0 saturated heterocycles. The molecule has 0 saturated carbocycles. The van der Waals surface area contributed by atoms with Gasteiger partial charge in [0, 0.05) is 19.2 Å². The molecule has 1 heterocycles. The van der Waals surface area contributed by atoms with Gasteiger partial charge in [0.25, 0.3) is 5.91 Å².